The first-order valence-electron chi connectivity index (χ1n) is 15.9. The Morgan fingerprint density at radius 1 is 0.936 bits per heavy atom. The Balaban J connectivity index is 1.58. The number of carbonyl (C=O) groups excluding carboxylic acids is 1. The molecule has 0 spiro atoms. The molecule has 0 saturated carbocycles. The zero-order valence-electron chi connectivity index (χ0n) is 26.4. The highest BCUT2D eigenvalue weighted by molar-refractivity contribution is 5.82. The van der Waals surface area contributed by atoms with Crippen molar-refractivity contribution in [3.05, 3.63) is 60.8 Å². The van der Waals surface area contributed by atoms with Crippen LogP contribution in [0.4, 0.5) is 0 Å². The summed E-state index contributed by atoms with van der Waals surface area (Å²) in [7, 11) is 0. The molecule has 4 aliphatic rings. The molecule has 262 valence electrons. The molecular formula is C33H47NO13. The number of aliphatic carboxylic acids is 1. The summed E-state index contributed by atoms with van der Waals surface area (Å²) in [5.41, 5.74) is 5.98. The molecule has 4 rings (SSSR count). The van der Waals surface area contributed by atoms with Crippen LogP contribution in [0, 0.1) is 5.92 Å². The van der Waals surface area contributed by atoms with Gasteiger partial charge in [-0.1, -0.05) is 48.6 Å². The van der Waals surface area contributed by atoms with Gasteiger partial charge < -0.3 is 60.1 Å². The van der Waals surface area contributed by atoms with Gasteiger partial charge in [0.1, 0.15) is 24.2 Å². The zero-order valence-corrected chi connectivity index (χ0v) is 26.4. The molecule has 14 atom stereocenters. The number of ether oxygens (including phenoxy) is 5. The lowest BCUT2D eigenvalue weighted by Crippen LogP contribution is -2.61. The number of aliphatic hydroxyl groups excluding tert-OH is 4. The van der Waals surface area contributed by atoms with Crippen molar-refractivity contribution in [2.75, 3.05) is 0 Å². The summed E-state index contributed by atoms with van der Waals surface area (Å²) in [4.78, 5) is 24.4. The number of esters is 1. The van der Waals surface area contributed by atoms with Crippen molar-refractivity contribution in [1.29, 1.82) is 0 Å². The molecule has 8 N–H and O–H groups in total. The number of epoxide rings is 1. The molecular weight excluding hydrogens is 618 g/mol. The van der Waals surface area contributed by atoms with E-state index in [1.807, 2.05) is 6.08 Å². The van der Waals surface area contributed by atoms with E-state index >= 15 is 0 Å². The molecule has 0 aromatic heterocycles. The number of carboxylic acid groups (broad SMARTS) is 1. The van der Waals surface area contributed by atoms with Crippen LogP contribution in [0.3, 0.4) is 0 Å². The van der Waals surface area contributed by atoms with Crippen molar-refractivity contribution >= 4 is 11.9 Å². The Kier molecular flexibility index (Phi) is 13.1. The molecule has 47 heavy (non-hydrogen) atoms. The topological polar surface area (TPSA) is 231 Å². The number of hydrogen-bond acceptors (Lipinski definition) is 13. The van der Waals surface area contributed by atoms with Gasteiger partial charge in [0.05, 0.1) is 48.8 Å². The molecule has 2 bridgehead atoms. The standard InChI is InChI=1S/C33H47NO13/c1-18-10-8-6-4-3-5-7-9-11-21(45-32-30(39)28(34)29(38)19(2)44-32)15-25-27(31(40)41)22(36)17-33(42,47-25)16-20(35)14-24-23(46-24)12-13-26(37)43-18/h3-9,11-13,18-25,27-30,32,35-36,38-39,42H,10,14-17,34H2,1-2H3,(H,40,41)/b4-3+,7-5+,8-6-,11-9+,13-12-/t18-,19?,20+,21?,22+,23-,24+,25+,27-,28?,29-,30?,32+,33-/m1/s1. The summed E-state index contributed by atoms with van der Waals surface area (Å²) < 4.78 is 28.5. The van der Waals surface area contributed by atoms with Gasteiger partial charge in [0.15, 0.2) is 12.1 Å². The molecule has 3 saturated heterocycles. The van der Waals surface area contributed by atoms with Gasteiger partial charge in [-0.25, -0.2) is 4.79 Å². The average Bonchev–Trinajstić information content (AvgIpc) is 3.72. The number of nitrogens with two attached hydrogens (primary N) is 1. The molecule has 4 aliphatic heterocycles. The first-order chi connectivity index (χ1) is 22.3. The predicted octanol–water partition coefficient (Wildman–Crippen LogP) is 0.120. The van der Waals surface area contributed by atoms with Crippen LogP contribution < -0.4 is 5.73 Å². The predicted molar refractivity (Wildman–Crippen MR) is 165 cm³/mol. The van der Waals surface area contributed by atoms with Crippen LogP contribution >= 0.6 is 0 Å². The third-order valence-electron chi connectivity index (χ3n) is 8.58. The third kappa shape index (κ3) is 10.6. The molecule has 4 heterocycles. The second kappa shape index (κ2) is 16.6. The lowest BCUT2D eigenvalue weighted by Gasteiger charge is -2.45. The number of aliphatic hydroxyl groups is 5. The highest BCUT2D eigenvalue weighted by Gasteiger charge is 2.51. The lowest BCUT2D eigenvalue weighted by molar-refractivity contribution is -0.308. The van der Waals surface area contributed by atoms with Gasteiger partial charge in [0, 0.05) is 38.2 Å². The van der Waals surface area contributed by atoms with Gasteiger partial charge in [-0.05, 0) is 19.9 Å². The summed E-state index contributed by atoms with van der Waals surface area (Å²) in [6.07, 6.45) is 5.25. The quantitative estimate of drug-likeness (QED) is 0.157. The molecule has 0 aromatic carbocycles. The van der Waals surface area contributed by atoms with Crippen LogP contribution in [0.2, 0.25) is 0 Å². The van der Waals surface area contributed by atoms with Crippen molar-refractivity contribution in [3.63, 3.8) is 0 Å². The van der Waals surface area contributed by atoms with Crippen LogP contribution in [0.25, 0.3) is 0 Å². The van der Waals surface area contributed by atoms with E-state index in [1.54, 1.807) is 56.4 Å². The largest absolute Gasteiger partial charge is 0.481 e. The van der Waals surface area contributed by atoms with E-state index in [9.17, 15) is 40.2 Å². The minimum atomic E-state index is -2.10. The van der Waals surface area contributed by atoms with E-state index < -0.39 is 97.3 Å². The van der Waals surface area contributed by atoms with Gasteiger partial charge in [0.2, 0.25) is 0 Å². The van der Waals surface area contributed by atoms with E-state index in [1.165, 1.54) is 12.2 Å². The molecule has 0 radical (unpaired) electrons. The third-order valence-corrected chi connectivity index (χ3v) is 8.58. The molecule has 14 nitrogen and oxygen atoms in total. The van der Waals surface area contributed by atoms with Gasteiger partial charge in [-0.2, -0.15) is 0 Å². The van der Waals surface area contributed by atoms with Crippen molar-refractivity contribution in [2.45, 2.75) is 125 Å². The maximum absolute atomic E-state index is 12.3. The summed E-state index contributed by atoms with van der Waals surface area (Å²) in [5.74, 6) is -5.45. The Labute approximate surface area is 273 Å². The summed E-state index contributed by atoms with van der Waals surface area (Å²) in [6.45, 7) is 3.34. The molecule has 0 aliphatic carbocycles. The second-order valence-corrected chi connectivity index (χ2v) is 12.6. The van der Waals surface area contributed by atoms with Crippen molar-refractivity contribution in [2.24, 2.45) is 11.7 Å². The smallest absolute Gasteiger partial charge is 0.330 e. The number of cyclic esters (lactones) is 1. The van der Waals surface area contributed by atoms with Gasteiger partial charge in [-0.15, -0.1) is 0 Å². The Hall–Kier alpha value is -2.76. The van der Waals surface area contributed by atoms with Crippen LogP contribution in [0.15, 0.2) is 60.8 Å². The molecule has 3 fully saturated rings. The van der Waals surface area contributed by atoms with Gasteiger partial charge >= 0.3 is 11.9 Å². The number of hydrogen-bond donors (Lipinski definition) is 7. The molecule has 14 heteroatoms. The lowest BCUT2D eigenvalue weighted by atomic mass is 9.83. The van der Waals surface area contributed by atoms with E-state index in [-0.39, 0.29) is 25.4 Å². The highest BCUT2D eigenvalue weighted by Crippen LogP contribution is 2.39. The van der Waals surface area contributed by atoms with E-state index in [4.69, 9.17) is 29.4 Å². The van der Waals surface area contributed by atoms with E-state index in [2.05, 4.69) is 0 Å². The minimum absolute atomic E-state index is 0.0789. The average molecular weight is 666 g/mol. The second-order valence-electron chi connectivity index (χ2n) is 12.6. The van der Waals surface area contributed by atoms with Crippen LogP contribution in [0.5, 0.6) is 0 Å². The fourth-order valence-electron chi connectivity index (χ4n) is 6.00. The highest BCUT2D eigenvalue weighted by atomic mass is 16.7. The van der Waals surface area contributed by atoms with Gasteiger partial charge in [-0.3, -0.25) is 4.79 Å². The van der Waals surface area contributed by atoms with Crippen molar-refractivity contribution < 1.29 is 63.9 Å². The van der Waals surface area contributed by atoms with Crippen LogP contribution in [0.1, 0.15) is 46.0 Å². The molecule has 0 amide bonds. The summed E-state index contributed by atoms with van der Waals surface area (Å²) in [5, 5.41) is 63.9. The normalized spacial score (nSPS) is 47.2. The number of carboxylic acids is 1. The van der Waals surface area contributed by atoms with E-state index in [0.29, 0.717) is 6.42 Å². The summed E-state index contributed by atoms with van der Waals surface area (Å²) in [6, 6.07) is -1.08. The fourth-order valence-corrected chi connectivity index (χ4v) is 6.00. The Morgan fingerprint density at radius 3 is 2.36 bits per heavy atom. The number of fused-ring (bicyclic) bond motifs is 3. The Morgan fingerprint density at radius 2 is 1.64 bits per heavy atom. The monoisotopic (exact) mass is 665 g/mol. The van der Waals surface area contributed by atoms with E-state index in [0.717, 1.165) is 0 Å². The van der Waals surface area contributed by atoms with Gasteiger partial charge in [0.25, 0.3) is 0 Å². The summed E-state index contributed by atoms with van der Waals surface area (Å²) >= 11 is 0. The molecule has 0 aromatic rings. The van der Waals surface area contributed by atoms with Crippen LogP contribution in [-0.2, 0) is 33.3 Å². The Bertz CT molecular complexity index is 1220. The first kappa shape index (κ1) is 37.1. The zero-order chi connectivity index (χ0) is 34.3. The van der Waals surface area contributed by atoms with Crippen LogP contribution in [-0.4, -0.2) is 122 Å². The minimum Gasteiger partial charge on any atom is -0.481 e. The molecule has 4 unspecified atom stereocenters. The van der Waals surface area contributed by atoms with Crippen molar-refractivity contribution in [1.82, 2.24) is 0 Å². The number of rotatable bonds is 3. The van der Waals surface area contributed by atoms with Crippen molar-refractivity contribution in [3.8, 4) is 0 Å². The fraction of sp³-hybridized carbons (Fsp3) is 0.636. The number of allylic oxidation sites excluding steroid dienone is 6. The number of carbonyl (C=O) groups is 2. The SMILES string of the molecule is CC1O[C@@H](OC2/C=C/C=C/C=C/C=C\C[C@@H](C)OC(=O)/C=C\[C@H]3O[C@H]3C[C@H](O)C[C@]3(O)C[C@H](O)[C@@H](C(=O)O)[C@H](C2)O3)C(O)C(N)[C@@H]1O. The maximum atomic E-state index is 12.3. The first-order valence-corrected chi connectivity index (χ1v) is 15.9. The maximum Gasteiger partial charge on any atom is 0.330 e.